The Kier molecular flexibility index (Phi) is 5.43. The number of hydrogen-bond donors (Lipinski definition) is 2. The highest BCUT2D eigenvalue weighted by molar-refractivity contribution is 5.78. The van der Waals surface area contributed by atoms with Gasteiger partial charge in [-0.1, -0.05) is 6.07 Å². The molecule has 1 aromatic rings. The van der Waals surface area contributed by atoms with E-state index < -0.39 is 42.8 Å². The zero-order valence-electron chi connectivity index (χ0n) is 10.5. The molecule has 0 aromatic heterocycles. The molecule has 0 radical (unpaired) electrons. The van der Waals surface area contributed by atoms with Crippen molar-refractivity contribution in [2.45, 2.75) is 19.1 Å². The quantitative estimate of drug-likeness (QED) is 0.819. The van der Waals surface area contributed by atoms with Crippen LogP contribution in [0, 0.1) is 11.6 Å². The first-order chi connectivity index (χ1) is 9.19. The molecule has 0 aliphatic carbocycles. The molecular weight excluding hydrogens is 283 g/mol. The second kappa shape index (κ2) is 6.65. The van der Waals surface area contributed by atoms with E-state index in [-0.39, 0.29) is 0 Å². The first kappa shape index (κ1) is 16.4. The number of carbonyl (C=O) groups is 1. The summed E-state index contributed by atoms with van der Waals surface area (Å²) in [6, 6.07) is 2.47. The Morgan fingerprint density at radius 3 is 2.45 bits per heavy atom. The molecule has 3 nitrogen and oxygen atoms in total. The number of hydrogen-bond acceptors (Lipinski definition) is 2. The van der Waals surface area contributed by atoms with Gasteiger partial charge in [0.05, 0.1) is 19.1 Å². The molecule has 0 bridgehead atoms. The lowest BCUT2D eigenvalue weighted by molar-refractivity contribution is -0.128. The molecule has 1 atom stereocenters. The van der Waals surface area contributed by atoms with Gasteiger partial charge in [0.25, 0.3) is 0 Å². The minimum Gasteiger partial charge on any atom is -0.348 e. The van der Waals surface area contributed by atoms with Gasteiger partial charge >= 0.3 is 6.18 Å². The lowest BCUT2D eigenvalue weighted by Crippen LogP contribution is -2.39. The monoisotopic (exact) mass is 296 g/mol. The van der Waals surface area contributed by atoms with Crippen LogP contribution in [-0.4, -0.2) is 25.2 Å². The summed E-state index contributed by atoms with van der Waals surface area (Å²) in [5, 5.41) is 4.30. The van der Waals surface area contributed by atoms with Gasteiger partial charge in [-0.2, -0.15) is 13.2 Å². The summed E-state index contributed by atoms with van der Waals surface area (Å²) in [5.41, 5.74) is 0.313. The number of nitrogens with one attached hydrogen (secondary N) is 2. The average molecular weight is 296 g/mol. The summed E-state index contributed by atoms with van der Waals surface area (Å²) in [7, 11) is 0. The molecule has 2 N–H and O–H groups in total. The molecule has 1 amide bonds. The van der Waals surface area contributed by atoms with Gasteiger partial charge in [0.1, 0.15) is 0 Å². The van der Waals surface area contributed by atoms with Crippen LogP contribution < -0.4 is 10.6 Å². The predicted octanol–water partition coefficient (Wildman–Crippen LogP) is 2.29. The molecule has 1 aromatic carbocycles. The van der Waals surface area contributed by atoms with Crippen LogP contribution in [0.3, 0.4) is 0 Å². The molecule has 1 unspecified atom stereocenters. The van der Waals surface area contributed by atoms with Crippen molar-refractivity contribution in [1.29, 1.82) is 0 Å². The molecule has 0 heterocycles. The topological polar surface area (TPSA) is 41.1 Å². The average Bonchev–Trinajstić information content (AvgIpc) is 2.30. The summed E-state index contributed by atoms with van der Waals surface area (Å²) in [6.45, 7) is -0.290. The zero-order valence-corrected chi connectivity index (χ0v) is 10.5. The predicted molar refractivity (Wildman–Crippen MR) is 61.8 cm³/mol. The fraction of sp³-hybridized carbons (Fsp3) is 0.417. The molecule has 1 rings (SSSR count). The standard InChI is InChI=1S/C12H13F5N2O/c1-7(8-2-3-9(13)10(14)4-8)19-11(20)5-18-6-12(15,16)17/h2-4,7,18H,5-6H2,1H3,(H,19,20). The van der Waals surface area contributed by atoms with E-state index in [1.54, 1.807) is 0 Å². The van der Waals surface area contributed by atoms with Crippen LogP contribution >= 0.6 is 0 Å². The number of alkyl halides is 3. The molecule has 0 spiro atoms. The van der Waals surface area contributed by atoms with E-state index in [4.69, 9.17) is 0 Å². The lowest BCUT2D eigenvalue weighted by atomic mass is 10.1. The summed E-state index contributed by atoms with van der Waals surface area (Å²) in [6.07, 6.45) is -4.40. The van der Waals surface area contributed by atoms with Gasteiger partial charge < -0.3 is 10.6 Å². The van der Waals surface area contributed by atoms with Crippen molar-refractivity contribution in [3.05, 3.63) is 35.4 Å². The van der Waals surface area contributed by atoms with Crippen molar-refractivity contribution in [3.8, 4) is 0 Å². The first-order valence-corrected chi connectivity index (χ1v) is 5.71. The van der Waals surface area contributed by atoms with E-state index in [1.807, 2.05) is 5.32 Å². The normalized spacial score (nSPS) is 13.1. The Hall–Kier alpha value is -1.70. The van der Waals surface area contributed by atoms with Gasteiger partial charge in [-0.3, -0.25) is 4.79 Å². The smallest absolute Gasteiger partial charge is 0.348 e. The maximum Gasteiger partial charge on any atom is 0.401 e. The largest absolute Gasteiger partial charge is 0.401 e. The third-order valence-electron chi connectivity index (χ3n) is 2.43. The van der Waals surface area contributed by atoms with Crippen LogP contribution in [0.5, 0.6) is 0 Å². The summed E-state index contributed by atoms with van der Waals surface area (Å²) in [5.74, 6) is -2.75. The molecule has 0 aliphatic heterocycles. The number of carbonyl (C=O) groups excluding carboxylic acids is 1. The fourth-order valence-electron chi connectivity index (χ4n) is 1.48. The third kappa shape index (κ3) is 5.52. The van der Waals surface area contributed by atoms with Crippen molar-refractivity contribution >= 4 is 5.91 Å². The Bertz CT molecular complexity index is 475. The van der Waals surface area contributed by atoms with Gasteiger partial charge in [-0.15, -0.1) is 0 Å². The van der Waals surface area contributed by atoms with Crippen LogP contribution in [0.25, 0.3) is 0 Å². The summed E-state index contributed by atoms with van der Waals surface area (Å²) < 4.78 is 61.2. The van der Waals surface area contributed by atoms with Crippen molar-refractivity contribution in [1.82, 2.24) is 10.6 Å². The van der Waals surface area contributed by atoms with Gasteiger partial charge in [-0.05, 0) is 24.6 Å². The Labute approximate surface area is 112 Å². The number of halogens is 5. The maximum atomic E-state index is 13.0. The van der Waals surface area contributed by atoms with Gasteiger partial charge in [0, 0.05) is 0 Å². The van der Waals surface area contributed by atoms with Gasteiger partial charge in [0.15, 0.2) is 11.6 Å². The Balaban J connectivity index is 2.47. The zero-order chi connectivity index (χ0) is 15.3. The van der Waals surface area contributed by atoms with E-state index in [0.717, 1.165) is 12.1 Å². The van der Waals surface area contributed by atoms with E-state index in [2.05, 4.69) is 5.32 Å². The highest BCUT2D eigenvalue weighted by Gasteiger charge is 2.26. The molecule has 20 heavy (non-hydrogen) atoms. The number of rotatable bonds is 5. The van der Waals surface area contributed by atoms with Crippen molar-refractivity contribution < 1.29 is 26.7 Å². The van der Waals surface area contributed by atoms with Gasteiger partial charge in [0.2, 0.25) is 5.91 Å². The van der Waals surface area contributed by atoms with Gasteiger partial charge in [-0.25, -0.2) is 8.78 Å². The van der Waals surface area contributed by atoms with Crippen molar-refractivity contribution in [3.63, 3.8) is 0 Å². The highest BCUT2D eigenvalue weighted by Crippen LogP contribution is 2.16. The second-order valence-corrected chi connectivity index (χ2v) is 4.18. The van der Waals surface area contributed by atoms with Crippen LogP contribution in [0.4, 0.5) is 22.0 Å². The lowest BCUT2D eigenvalue weighted by Gasteiger charge is -2.15. The van der Waals surface area contributed by atoms with Crippen LogP contribution in [0.15, 0.2) is 18.2 Å². The minimum absolute atomic E-state index is 0.313. The summed E-state index contributed by atoms with van der Waals surface area (Å²) >= 11 is 0. The van der Waals surface area contributed by atoms with Crippen molar-refractivity contribution in [2.75, 3.05) is 13.1 Å². The van der Waals surface area contributed by atoms with Crippen LogP contribution in [-0.2, 0) is 4.79 Å². The first-order valence-electron chi connectivity index (χ1n) is 5.71. The van der Waals surface area contributed by atoms with Crippen LogP contribution in [0.2, 0.25) is 0 Å². The Morgan fingerprint density at radius 2 is 1.90 bits per heavy atom. The van der Waals surface area contributed by atoms with E-state index in [1.165, 1.54) is 13.0 Å². The van der Waals surface area contributed by atoms with E-state index in [0.29, 0.717) is 5.56 Å². The van der Waals surface area contributed by atoms with E-state index in [9.17, 15) is 26.7 Å². The highest BCUT2D eigenvalue weighted by atomic mass is 19.4. The number of amides is 1. The number of benzene rings is 1. The fourth-order valence-corrected chi connectivity index (χ4v) is 1.48. The summed E-state index contributed by atoms with van der Waals surface area (Å²) in [4.78, 5) is 11.4. The molecule has 0 aliphatic rings. The minimum atomic E-state index is -4.40. The molecule has 112 valence electrons. The SMILES string of the molecule is CC(NC(=O)CNCC(F)(F)F)c1ccc(F)c(F)c1. The maximum absolute atomic E-state index is 13.0. The molecule has 0 fully saturated rings. The van der Waals surface area contributed by atoms with Crippen LogP contribution in [0.1, 0.15) is 18.5 Å². The van der Waals surface area contributed by atoms with Crippen molar-refractivity contribution in [2.24, 2.45) is 0 Å². The molecule has 8 heteroatoms. The van der Waals surface area contributed by atoms with E-state index >= 15 is 0 Å². The second-order valence-electron chi connectivity index (χ2n) is 4.18. The Morgan fingerprint density at radius 1 is 1.25 bits per heavy atom. The molecule has 0 saturated heterocycles. The third-order valence-corrected chi connectivity index (χ3v) is 2.43. The molecular formula is C12H13F5N2O. The molecule has 0 saturated carbocycles.